The molecule has 2 aliphatic carbocycles. The molecule has 0 amide bonds. The lowest BCUT2D eigenvalue weighted by Crippen LogP contribution is -2.25. The van der Waals surface area contributed by atoms with Crippen LogP contribution < -0.4 is 9.46 Å². The maximum Gasteiger partial charge on any atom is 0.240 e. The number of hydrogen-bond acceptors (Lipinski definition) is 3. The maximum absolute atomic E-state index is 12.4. The highest BCUT2D eigenvalue weighted by molar-refractivity contribution is 7.89. The van der Waals surface area contributed by atoms with Crippen molar-refractivity contribution in [2.24, 2.45) is 0 Å². The molecule has 0 heterocycles. The Kier molecular flexibility index (Phi) is 5.95. The first-order chi connectivity index (χ1) is 11.6. The van der Waals surface area contributed by atoms with E-state index < -0.39 is 10.0 Å². The van der Waals surface area contributed by atoms with Gasteiger partial charge in [0.15, 0.2) is 0 Å². The van der Waals surface area contributed by atoms with Gasteiger partial charge in [0.2, 0.25) is 10.0 Å². The third kappa shape index (κ3) is 4.84. The third-order valence-corrected chi connectivity index (χ3v) is 6.34. The molecule has 0 spiro atoms. The highest BCUT2D eigenvalue weighted by atomic mass is 32.2. The van der Waals surface area contributed by atoms with Gasteiger partial charge in [0.05, 0.1) is 11.0 Å². The van der Waals surface area contributed by atoms with Crippen molar-refractivity contribution in [1.82, 2.24) is 4.72 Å². The Hall–Kier alpha value is -1.33. The van der Waals surface area contributed by atoms with Gasteiger partial charge in [-0.2, -0.15) is 0 Å². The van der Waals surface area contributed by atoms with Gasteiger partial charge in [-0.25, -0.2) is 13.1 Å². The number of nitrogens with one attached hydrogen (secondary N) is 1. The van der Waals surface area contributed by atoms with Crippen molar-refractivity contribution >= 4 is 10.0 Å². The average molecular weight is 349 g/mol. The molecule has 0 radical (unpaired) electrons. The molecule has 0 aromatic heterocycles. The molecule has 5 heteroatoms. The fraction of sp³-hybridized carbons (Fsp3) is 0.579. The van der Waals surface area contributed by atoms with Crippen LogP contribution in [0, 0.1) is 0 Å². The number of hydrogen-bond donors (Lipinski definition) is 1. The van der Waals surface area contributed by atoms with E-state index in [0.717, 1.165) is 37.9 Å². The van der Waals surface area contributed by atoms with Gasteiger partial charge in [0, 0.05) is 6.54 Å². The molecule has 0 unspecified atom stereocenters. The first-order valence-electron chi connectivity index (χ1n) is 9.08. The Bertz CT molecular complexity index is 658. The van der Waals surface area contributed by atoms with Gasteiger partial charge >= 0.3 is 0 Å². The van der Waals surface area contributed by atoms with Crippen molar-refractivity contribution in [3.63, 3.8) is 0 Å². The molecule has 2 aliphatic rings. The van der Waals surface area contributed by atoms with E-state index in [1.807, 2.05) is 0 Å². The minimum Gasteiger partial charge on any atom is -0.490 e. The fourth-order valence-electron chi connectivity index (χ4n) is 3.46. The standard InChI is InChI=1S/C19H27NO3S/c21-24(22,20-15-14-16-6-2-1-3-7-16)19-12-10-18(11-13-19)23-17-8-4-5-9-17/h6,10-13,17,20H,1-5,7-9,14-15H2. The second kappa shape index (κ2) is 8.17. The molecule has 1 fully saturated rings. The Morgan fingerprint density at radius 1 is 1.04 bits per heavy atom. The summed E-state index contributed by atoms with van der Waals surface area (Å²) in [5, 5.41) is 0. The highest BCUT2D eigenvalue weighted by Crippen LogP contribution is 2.25. The number of rotatable bonds is 7. The lowest BCUT2D eigenvalue weighted by molar-refractivity contribution is 0.210. The molecule has 1 aromatic rings. The second-order valence-electron chi connectivity index (χ2n) is 6.75. The molecule has 0 bridgehead atoms. The minimum absolute atomic E-state index is 0.286. The zero-order chi connectivity index (χ0) is 16.8. The highest BCUT2D eigenvalue weighted by Gasteiger charge is 2.18. The van der Waals surface area contributed by atoms with Gasteiger partial charge in [0.25, 0.3) is 0 Å². The van der Waals surface area contributed by atoms with Crippen LogP contribution in [0.5, 0.6) is 5.75 Å². The fourth-order valence-corrected chi connectivity index (χ4v) is 4.49. The van der Waals surface area contributed by atoms with Crippen LogP contribution >= 0.6 is 0 Å². The zero-order valence-electron chi connectivity index (χ0n) is 14.2. The summed E-state index contributed by atoms with van der Waals surface area (Å²) in [4.78, 5) is 0.305. The quantitative estimate of drug-likeness (QED) is 0.752. The summed E-state index contributed by atoms with van der Waals surface area (Å²) < 4.78 is 33.3. The van der Waals surface area contributed by atoms with E-state index in [1.54, 1.807) is 24.3 Å². The molecule has 1 aromatic carbocycles. The van der Waals surface area contributed by atoms with E-state index in [0.29, 0.717) is 11.4 Å². The molecule has 132 valence electrons. The van der Waals surface area contributed by atoms with Crippen molar-refractivity contribution in [1.29, 1.82) is 0 Å². The van der Waals surface area contributed by atoms with E-state index >= 15 is 0 Å². The largest absolute Gasteiger partial charge is 0.490 e. The SMILES string of the molecule is O=S(=O)(NCCC1=CCCCC1)c1ccc(OC2CCCC2)cc1. The zero-order valence-corrected chi connectivity index (χ0v) is 15.0. The monoisotopic (exact) mass is 349 g/mol. The van der Waals surface area contributed by atoms with Gasteiger partial charge in [-0.15, -0.1) is 0 Å². The van der Waals surface area contributed by atoms with Gasteiger partial charge in [-0.05, 0) is 82.1 Å². The third-order valence-electron chi connectivity index (χ3n) is 4.86. The van der Waals surface area contributed by atoms with Gasteiger partial charge in [-0.1, -0.05) is 11.6 Å². The van der Waals surface area contributed by atoms with Crippen molar-refractivity contribution in [2.45, 2.75) is 68.8 Å². The van der Waals surface area contributed by atoms with Crippen LogP contribution in [0.4, 0.5) is 0 Å². The van der Waals surface area contributed by atoms with Crippen LogP contribution in [0.25, 0.3) is 0 Å². The molecule has 3 rings (SSSR count). The van der Waals surface area contributed by atoms with Crippen LogP contribution in [0.2, 0.25) is 0 Å². The first kappa shape index (κ1) is 17.5. The molecule has 1 N–H and O–H groups in total. The van der Waals surface area contributed by atoms with Crippen LogP contribution in [0.3, 0.4) is 0 Å². The lowest BCUT2D eigenvalue weighted by atomic mass is 9.97. The summed E-state index contributed by atoms with van der Waals surface area (Å²) in [5.41, 5.74) is 1.38. The van der Waals surface area contributed by atoms with Crippen molar-refractivity contribution < 1.29 is 13.2 Å². The summed E-state index contributed by atoms with van der Waals surface area (Å²) in [5.74, 6) is 0.758. The minimum atomic E-state index is -3.44. The van der Waals surface area contributed by atoms with E-state index in [4.69, 9.17) is 4.74 Å². The number of benzene rings is 1. The number of sulfonamides is 1. The molecule has 4 nitrogen and oxygen atoms in total. The summed E-state index contributed by atoms with van der Waals surface area (Å²) in [6.45, 7) is 0.467. The van der Waals surface area contributed by atoms with Crippen LogP contribution in [-0.2, 0) is 10.0 Å². The Morgan fingerprint density at radius 3 is 2.46 bits per heavy atom. The van der Waals surface area contributed by atoms with Gasteiger partial charge < -0.3 is 4.74 Å². The molecular weight excluding hydrogens is 322 g/mol. The van der Waals surface area contributed by atoms with E-state index in [-0.39, 0.29) is 6.10 Å². The van der Waals surface area contributed by atoms with E-state index in [1.165, 1.54) is 31.3 Å². The predicted octanol–water partition coefficient (Wildman–Crippen LogP) is 4.18. The van der Waals surface area contributed by atoms with E-state index in [9.17, 15) is 8.42 Å². The van der Waals surface area contributed by atoms with Crippen LogP contribution in [-0.4, -0.2) is 21.1 Å². The molecule has 24 heavy (non-hydrogen) atoms. The van der Waals surface area contributed by atoms with Crippen molar-refractivity contribution in [3.8, 4) is 5.75 Å². The van der Waals surface area contributed by atoms with Gasteiger partial charge in [0.1, 0.15) is 5.75 Å². The second-order valence-corrected chi connectivity index (χ2v) is 8.52. The maximum atomic E-state index is 12.4. The number of allylic oxidation sites excluding steroid dienone is 1. The van der Waals surface area contributed by atoms with Gasteiger partial charge in [-0.3, -0.25) is 0 Å². The topological polar surface area (TPSA) is 55.4 Å². The molecule has 0 atom stereocenters. The molecular formula is C19H27NO3S. The van der Waals surface area contributed by atoms with Crippen molar-refractivity contribution in [3.05, 3.63) is 35.9 Å². The smallest absolute Gasteiger partial charge is 0.240 e. The Balaban J connectivity index is 1.52. The average Bonchev–Trinajstić information content (AvgIpc) is 3.09. The normalized spacial score (nSPS) is 19.2. The van der Waals surface area contributed by atoms with Crippen LogP contribution in [0.1, 0.15) is 57.8 Å². The Labute approximate surface area is 145 Å². The Morgan fingerprint density at radius 2 is 1.79 bits per heavy atom. The summed E-state index contributed by atoms with van der Waals surface area (Å²) in [6, 6.07) is 6.78. The summed E-state index contributed by atoms with van der Waals surface area (Å²) in [7, 11) is -3.44. The first-order valence-corrected chi connectivity index (χ1v) is 10.6. The van der Waals surface area contributed by atoms with Crippen molar-refractivity contribution in [2.75, 3.05) is 6.54 Å². The summed E-state index contributed by atoms with van der Waals surface area (Å²) >= 11 is 0. The molecule has 0 saturated heterocycles. The van der Waals surface area contributed by atoms with E-state index in [2.05, 4.69) is 10.8 Å². The lowest BCUT2D eigenvalue weighted by Gasteiger charge is -2.14. The summed E-state index contributed by atoms with van der Waals surface area (Å²) in [6.07, 6.45) is 12.7. The molecule has 1 saturated carbocycles. The predicted molar refractivity (Wildman–Crippen MR) is 95.7 cm³/mol. The molecule has 0 aliphatic heterocycles. The number of ether oxygens (including phenoxy) is 1. The van der Waals surface area contributed by atoms with Crippen LogP contribution in [0.15, 0.2) is 40.8 Å².